The van der Waals surface area contributed by atoms with E-state index in [9.17, 15) is 15.0 Å². The molecule has 0 aliphatic rings. The van der Waals surface area contributed by atoms with Gasteiger partial charge < -0.3 is 20.6 Å². The van der Waals surface area contributed by atoms with Gasteiger partial charge in [-0.25, -0.2) is 0 Å². The van der Waals surface area contributed by atoms with Crippen molar-refractivity contribution >= 4 is 29.4 Å². The van der Waals surface area contributed by atoms with Crippen LogP contribution in [0.2, 0.25) is 0 Å². The molecule has 4 N–H and O–H groups in total. The molecule has 0 fully saturated rings. The molecule has 8 heteroatoms. The van der Waals surface area contributed by atoms with Gasteiger partial charge in [0.1, 0.15) is 11.5 Å². The van der Waals surface area contributed by atoms with Crippen molar-refractivity contribution in [2.75, 3.05) is 44.3 Å². The molecule has 6 nitrogen and oxygen atoms in total. The fraction of sp³-hybridized carbons (Fsp3) is 0.350. The van der Waals surface area contributed by atoms with E-state index in [2.05, 4.69) is 10.2 Å². The first kappa shape index (κ1) is 22.4. The molecule has 1 amide bonds. The molecule has 2 aromatic rings. The van der Waals surface area contributed by atoms with Gasteiger partial charge in [0.25, 0.3) is 0 Å². The van der Waals surface area contributed by atoms with Crippen LogP contribution in [0.5, 0.6) is 11.5 Å². The number of aliphatic hydroxyl groups is 1. The van der Waals surface area contributed by atoms with Crippen molar-refractivity contribution in [2.24, 2.45) is 0 Å². The lowest BCUT2D eigenvalue weighted by Gasteiger charge is -2.21. The number of nitrogens with zero attached hydrogens (tertiary/aromatic N) is 1. The summed E-state index contributed by atoms with van der Waals surface area (Å²) in [6.07, 6.45) is 0. The second-order valence-electron chi connectivity index (χ2n) is 6.03. The van der Waals surface area contributed by atoms with Crippen LogP contribution in [0.1, 0.15) is 0 Å². The number of aliphatic hydroxyl groups excluding tert-OH is 1. The number of hydrogen-bond acceptors (Lipinski definition) is 7. The largest absolute Gasteiger partial charge is 0.508 e. The number of amides is 1. The predicted molar refractivity (Wildman–Crippen MR) is 114 cm³/mol. The van der Waals surface area contributed by atoms with E-state index in [4.69, 9.17) is 5.11 Å². The van der Waals surface area contributed by atoms with Crippen molar-refractivity contribution in [3.05, 3.63) is 48.5 Å². The summed E-state index contributed by atoms with van der Waals surface area (Å²) in [4.78, 5) is 16.3. The Morgan fingerprint density at radius 2 is 1.32 bits per heavy atom. The minimum Gasteiger partial charge on any atom is -0.508 e. The molecular weight excluding hydrogens is 396 g/mol. The molecule has 152 valence electrons. The topological polar surface area (TPSA) is 93.0 Å². The number of rotatable bonds is 12. The molecule has 0 spiro atoms. The molecule has 0 aliphatic carbocycles. The minimum atomic E-state index is -0.0988. The van der Waals surface area contributed by atoms with Crippen molar-refractivity contribution in [2.45, 2.75) is 9.79 Å². The molecule has 0 aromatic heterocycles. The van der Waals surface area contributed by atoms with E-state index in [1.807, 2.05) is 24.3 Å². The average Bonchev–Trinajstić information content (AvgIpc) is 2.69. The normalized spacial score (nSPS) is 10.9. The fourth-order valence-electron chi connectivity index (χ4n) is 2.39. The Balaban J connectivity index is 1.81. The van der Waals surface area contributed by atoms with Crippen LogP contribution in [0.4, 0.5) is 0 Å². The molecule has 0 atom stereocenters. The first-order valence-corrected chi connectivity index (χ1v) is 11.0. The summed E-state index contributed by atoms with van der Waals surface area (Å²) in [5.74, 6) is 2.04. The Kier molecular flexibility index (Phi) is 10.1. The number of hydrogen-bond donors (Lipinski definition) is 4. The summed E-state index contributed by atoms with van der Waals surface area (Å²) in [7, 11) is 0. The highest BCUT2D eigenvalue weighted by molar-refractivity contribution is 7.99. The van der Waals surface area contributed by atoms with Crippen molar-refractivity contribution in [3.63, 3.8) is 0 Å². The summed E-state index contributed by atoms with van der Waals surface area (Å²) < 4.78 is 0. The van der Waals surface area contributed by atoms with Crippen LogP contribution < -0.4 is 5.32 Å². The summed E-state index contributed by atoms with van der Waals surface area (Å²) >= 11 is 3.35. The predicted octanol–water partition coefficient (Wildman–Crippen LogP) is 2.39. The summed E-state index contributed by atoms with van der Waals surface area (Å²) in [6.45, 7) is 1.96. The Morgan fingerprint density at radius 1 is 0.857 bits per heavy atom. The van der Waals surface area contributed by atoms with Crippen LogP contribution in [-0.4, -0.2) is 70.4 Å². The zero-order chi connectivity index (χ0) is 20.2. The number of nitrogens with one attached hydrogen (secondary N) is 1. The third-order valence-electron chi connectivity index (χ3n) is 3.83. The minimum absolute atomic E-state index is 0.0703. The van der Waals surface area contributed by atoms with Gasteiger partial charge in [-0.1, -0.05) is 0 Å². The smallest absolute Gasteiger partial charge is 0.234 e. The monoisotopic (exact) mass is 422 g/mol. The van der Waals surface area contributed by atoms with E-state index in [0.29, 0.717) is 0 Å². The zero-order valence-electron chi connectivity index (χ0n) is 15.6. The number of thioether (sulfide) groups is 2. The fourth-order valence-corrected chi connectivity index (χ4v) is 4.22. The van der Waals surface area contributed by atoms with Crippen LogP contribution in [0.3, 0.4) is 0 Å². The van der Waals surface area contributed by atoms with Crippen molar-refractivity contribution in [3.8, 4) is 11.5 Å². The number of benzene rings is 2. The molecule has 0 saturated heterocycles. The molecule has 0 unspecified atom stereocenters. The number of phenols is 2. The van der Waals surface area contributed by atoms with Crippen molar-refractivity contribution in [1.82, 2.24) is 10.2 Å². The maximum Gasteiger partial charge on any atom is 0.234 e. The Labute approximate surface area is 174 Å². The van der Waals surface area contributed by atoms with Gasteiger partial charge in [-0.05, 0) is 48.5 Å². The average molecular weight is 423 g/mol. The van der Waals surface area contributed by atoms with Gasteiger partial charge in [-0.2, -0.15) is 0 Å². The molecule has 0 saturated carbocycles. The highest BCUT2D eigenvalue weighted by Gasteiger charge is 2.11. The van der Waals surface area contributed by atoms with Gasteiger partial charge >= 0.3 is 0 Å². The molecule has 28 heavy (non-hydrogen) atoms. The standard InChI is InChI=1S/C20H26N2O4S2/c23-12-9-21-20(26)15-22(10-13-27-18-5-1-16(24)2-6-18)11-14-28-19-7-3-17(25)4-8-19/h1-8,23-25H,9-15H2,(H,21,26). The zero-order valence-corrected chi connectivity index (χ0v) is 17.2. The third-order valence-corrected chi connectivity index (χ3v) is 5.81. The lowest BCUT2D eigenvalue weighted by Crippen LogP contribution is -2.40. The van der Waals surface area contributed by atoms with Crippen LogP contribution in [0.15, 0.2) is 58.3 Å². The van der Waals surface area contributed by atoms with E-state index < -0.39 is 0 Å². The van der Waals surface area contributed by atoms with E-state index in [1.54, 1.807) is 47.8 Å². The lowest BCUT2D eigenvalue weighted by atomic mass is 10.3. The molecule has 0 radical (unpaired) electrons. The van der Waals surface area contributed by atoms with E-state index in [0.717, 1.165) is 34.4 Å². The van der Waals surface area contributed by atoms with Crippen LogP contribution in [0.25, 0.3) is 0 Å². The summed E-state index contributed by atoms with van der Waals surface area (Å²) in [6, 6.07) is 14.1. The van der Waals surface area contributed by atoms with E-state index in [-0.39, 0.29) is 37.1 Å². The molecular formula is C20H26N2O4S2. The van der Waals surface area contributed by atoms with Crippen LogP contribution in [-0.2, 0) is 4.79 Å². The second kappa shape index (κ2) is 12.6. The molecule has 0 aliphatic heterocycles. The van der Waals surface area contributed by atoms with Gasteiger partial charge in [0.05, 0.1) is 13.2 Å². The molecule has 2 rings (SSSR count). The van der Waals surface area contributed by atoms with Crippen LogP contribution in [0, 0.1) is 0 Å². The number of carbonyl (C=O) groups excluding carboxylic acids is 1. The highest BCUT2D eigenvalue weighted by atomic mass is 32.2. The Bertz CT molecular complexity index is 660. The van der Waals surface area contributed by atoms with Crippen molar-refractivity contribution in [1.29, 1.82) is 0 Å². The Hall–Kier alpha value is -1.87. The number of carbonyl (C=O) groups is 1. The molecule has 0 bridgehead atoms. The summed E-state index contributed by atoms with van der Waals surface area (Å²) in [5, 5.41) is 30.2. The van der Waals surface area contributed by atoms with Gasteiger partial charge in [0.15, 0.2) is 0 Å². The first-order valence-electron chi connectivity index (χ1n) is 9.00. The quantitative estimate of drug-likeness (QED) is 0.390. The third kappa shape index (κ3) is 8.88. The van der Waals surface area contributed by atoms with Gasteiger partial charge in [-0.15, -0.1) is 23.5 Å². The number of aromatic hydroxyl groups is 2. The number of phenolic OH excluding ortho intramolecular Hbond substituents is 2. The van der Waals surface area contributed by atoms with Gasteiger partial charge in [0.2, 0.25) is 5.91 Å². The van der Waals surface area contributed by atoms with Crippen LogP contribution >= 0.6 is 23.5 Å². The van der Waals surface area contributed by atoms with Gasteiger partial charge in [-0.3, -0.25) is 9.69 Å². The van der Waals surface area contributed by atoms with Gasteiger partial charge in [0, 0.05) is 40.9 Å². The SMILES string of the molecule is O=C(CN(CCSc1ccc(O)cc1)CCSc1ccc(O)cc1)NCCO. The maximum atomic E-state index is 12.0. The highest BCUT2D eigenvalue weighted by Crippen LogP contribution is 2.22. The first-order chi connectivity index (χ1) is 13.6. The Morgan fingerprint density at radius 3 is 1.75 bits per heavy atom. The summed E-state index contributed by atoms with van der Waals surface area (Å²) in [5.41, 5.74) is 0. The van der Waals surface area contributed by atoms with E-state index in [1.165, 1.54) is 0 Å². The van der Waals surface area contributed by atoms with E-state index >= 15 is 0 Å². The second-order valence-corrected chi connectivity index (χ2v) is 8.37. The lowest BCUT2D eigenvalue weighted by molar-refractivity contribution is -0.122. The molecule has 0 heterocycles. The maximum absolute atomic E-state index is 12.0. The molecule has 2 aromatic carbocycles. The van der Waals surface area contributed by atoms with Crippen molar-refractivity contribution < 1.29 is 20.1 Å².